The van der Waals surface area contributed by atoms with Crippen molar-refractivity contribution in [3.63, 3.8) is 0 Å². The minimum atomic E-state index is -4.50. The van der Waals surface area contributed by atoms with Gasteiger partial charge in [0.25, 0.3) is 0 Å². The van der Waals surface area contributed by atoms with E-state index in [4.69, 9.17) is 9.47 Å². The third-order valence-corrected chi connectivity index (χ3v) is 3.61. The van der Waals surface area contributed by atoms with Crippen LogP contribution in [-0.2, 0) is 10.9 Å². The molecule has 7 nitrogen and oxygen atoms in total. The summed E-state index contributed by atoms with van der Waals surface area (Å²) in [7, 11) is 5.32. The van der Waals surface area contributed by atoms with Crippen molar-refractivity contribution in [1.29, 1.82) is 0 Å². The van der Waals surface area contributed by atoms with E-state index in [1.807, 2.05) is 7.05 Å². The average Bonchev–Trinajstić information content (AvgIpc) is 2.63. The molecule has 1 heterocycles. The van der Waals surface area contributed by atoms with Crippen molar-refractivity contribution in [2.75, 3.05) is 60.6 Å². The molecular weight excluding hydrogens is 363 g/mol. The molecular formula is C17H28F3N5O2. The number of nitrogens with one attached hydrogen (secondary N) is 2. The Balaban J connectivity index is 2.29. The number of nitrogens with zero attached hydrogens (tertiary/aromatic N) is 3. The third kappa shape index (κ3) is 9.43. The Hall–Kier alpha value is -2.07. The first kappa shape index (κ1) is 23.0. The first-order valence-electron chi connectivity index (χ1n) is 8.65. The van der Waals surface area contributed by atoms with E-state index >= 15 is 0 Å². The molecule has 1 aromatic heterocycles. The summed E-state index contributed by atoms with van der Waals surface area (Å²) in [6.45, 7) is 3.48. The van der Waals surface area contributed by atoms with Gasteiger partial charge in [0.1, 0.15) is 12.2 Å². The van der Waals surface area contributed by atoms with Gasteiger partial charge in [-0.05, 0) is 25.6 Å². The monoisotopic (exact) mass is 391 g/mol. The highest BCUT2D eigenvalue weighted by Gasteiger charge is 2.34. The number of likely N-dealkylation sites (N-methyl/N-ethyl adjacent to an activating group) is 1. The lowest BCUT2D eigenvalue weighted by molar-refractivity contribution is -0.139. The van der Waals surface area contributed by atoms with Gasteiger partial charge in [-0.25, -0.2) is 4.98 Å². The smallest absolute Gasteiger partial charge is 0.421 e. The van der Waals surface area contributed by atoms with Crippen LogP contribution in [0.1, 0.15) is 12.0 Å². The van der Waals surface area contributed by atoms with E-state index < -0.39 is 17.6 Å². The lowest BCUT2D eigenvalue weighted by Crippen LogP contribution is -2.42. The van der Waals surface area contributed by atoms with Crippen LogP contribution in [0.15, 0.2) is 23.3 Å². The van der Waals surface area contributed by atoms with Crippen molar-refractivity contribution in [1.82, 2.24) is 20.5 Å². The number of halogens is 3. The van der Waals surface area contributed by atoms with Crippen LogP contribution in [-0.4, -0.2) is 76.4 Å². The highest BCUT2D eigenvalue weighted by atomic mass is 19.4. The maximum atomic E-state index is 12.9. The van der Waals surface area contributed by atoms with Crippen molar-refractivity contribution >= 4 is 5.96 Å². The van der Waals surface area contributed by atoms with E-state index in [9.17, 15) is 13.2 Å². The molecule has 0 unspecified atom stereocenters. The quantitative estimate of drug-likeness (QED) is 0.339. The van der Waals surface area contributed by atoms with Crippen molar-refractivity contribution in [2.24, 2.45) is 4.99 Å². The predicted octanol–water partition coefficient (Wildman–Crippen LogP) is 1.61. The molecule has 0 amide bonds. The molecule has 1 aromatic rings. The van der Waals surface area contributed by atoms with Gasteiger partial charge in [-0.2, -0.15) is 13.2 Å². The Morgan fingerprint density at radius 1 is 1.22 bits per heavy atom. The van der Waals surface area contributed by atoms with Crippen LogP contribution in [0, 0.1) is 0 Å². The number of methoxy groups -OCH3 is 1. The van der Waals surface area contributed by atoms with E-state index in [1.54, 1.807) is 14.2 Å². The SMILES string of the molecule is CN=C(NCCOc1ncccc1C(F)(F)F)NCCN(C)CCCOC. The summed E-state index contributed by atoms with van der Waals surface area (Å²) >= 11 is 0. The second-order valence-corrected chi connectivity index (χ2v) is 5.78. The van der Waals surface area contributed by atoms with Crippen molar-refractivity contribution in [2.45, 2.75) is 12.6 Å². The zero-order valence-electron chi connectivity index (χ0n) is 16.0. The molecule has 10 heteroatoms. The maximum absolute atomic E-state index is 12.9. The van der Waals surface area contributed by atoms with Gasteiger partial charge in [-0.15, -0.1) is 0 Å². The van der Waals surface area contributed by atoms with Crippen LogP contribution in [0.25, 0.3) is 0 Å². The number of hydrogen-bond donors (Lipinski definition) is 2. The lowest BCUT2D eigenvalue weighted by Gasteiger charge is -2.18. The maximum Gasteiger partial charge on any atom is 0.421 e. The summed E-state index contributed by atoms with van der Waals surface area (Å²) in [5.41, 5.74) is -0.885. The fourth-order valence-corrected chi connectivity index (χ4v) is 2.22. The summed E-state index contributed by atoms with van der Waals surface area (Å²) in [6, 6.07) is 2.17. The van der Waals surface area contributed by atoms with Crippen molar-refractivity contribution in [3.8, 4) is 5.88 Å². The highest BCUT2D eigenvalue weighted by molar-refractivity contribution is 5.79. The van der Waals surface area contributed by atoms with Crippen LogP contribution in [0.3, 0.4) is 0 Å². The van der Waals surface area contributed by atoms with Crippen LogP contribution in [0.5, 0.6) is 5.88 Å². The predicted molar refractivity (Wildman–Crippen MR) is 98.1 cm³/mol. The van der Waals surface area contributed by atoms with E-state index in [1.165, 1.54) is 12.3 Å². The first-order valence-corrected chi connectivity index (χ1v) is 8.65. The van der Waals surface area contributed by atoms with E-state index in [-0.39, 0.29) is 13.2 Å². The Morgan fingerprint density at radius 2 is 1.96 bits per heavy atom. The first-order chi connectivity index (χ1) is 12.9. The van der Waals surface area contributed by atoms with Gasteiger partial charge in [-0.3, -0.25) is 4.99 Å². The van der Waals surface area contributed by atoms with Gasteiger partial charge in [0.05, 0.1) is 6.54 Å². The Kier molecular flexibility index (Phi) is 10.5. The molecule has 0 aliphatic carbocycles. The summed E-state index contributed by atoms with van der Waals surface area (Å²) in [4.78, 5) is 9.89. The Morgan fingerprint density at radius 3 is 2.63 bits per heavy atom. The molecule has 0 spiro atoms. The number of aliphatic imine (C=N–C) groups is 1. The molecule has 27 heavy (non-hydrogen) atoms. The van der Waals surface area contributed by atoms with Crippen LogP contribution < -0.4 is 15.4 Å². The van der Waals surface area contributed by atoms with Gasteiger partial charge >= 0.3 is 6.18 Å². The Bertz CT molecular complexity index is 570. The second kappa shape index (κ2) is 12.3. The van der Waals surface area contributed by atoms with Crippen molar-refractivity contribution < 1.29 is 22.6 Å². The molecule has 0 aromatic carbocycles. The molecule has 0 atom stereocenters. The number of alkyl halides is 3. The van der Waals surface area contributed by atoms with Gasteiger partial charge < -0.3 is 25.0 Å². The lowest BCUT2D eigenvalue weighted by atomic mass is 10.2. The molecule has 0 bridgehead atoms. The van der Waals surface area contributed by atoms with E-state index in [2.05, 4.69) is 25.5 Å². The molecule has 0 aliphatic heterocycles. The molecule has 0 fully saturated rings. The topological polar surface area (TPSA) is 71.0 Å². The van der Waals surface area contributed by atoms with Crippen molar-refractivity contribution in [3.05, 3.63) is 23.9 Å². The number of aromatic nitrogens is 1. The fraction of sp³-hybridized carbons (Fsp3) is 0.647. The molecule has 154 valence electrons. The molecule has 0 aliphatic rings. The van der Waals surface area contributed by atoms with E-state index in [0.29, 0.717) is 12.5 Å². The number of ether oxygens (including phenoxy) is 2. The summed E-state index contributed by atoms with van der Waals surface area (Å²) < 4.78 is 48.8. The Labute approximate surface area is 158 Å². The molecule has 1 rings (SSSR count). The van der Waals surface area contributed by atoms with Crippen LogP contribution >= 0.6 is 0 Å². The summed E-state index contributed by atoms with van der Waals surface area (Å²) in [5.74, 6) is 0.133. The van der Waals surface area contributed by atoms with Gasteiger partial charge in [0.15, 0.2) is 5.96 Å². The fourth-order valence-electron chi connectivity index (χ4n) is 2.22. The average molecular weight is 391 g/mol. The zero-order valence-corrected chi connectivity index (χ0v) is 16.0. The number of rotatable bonds is 11. The minimum absolute atomic E-state index is 0.0255. The largest absolute Gasteiger partial charge is 0.475 e. The number of pyridine rings is 1. The summed E-state index contributed by atoms with van der Waals surface area (Å²) in [5, 5.41) is 6.13. The molecule has 2 N–H and O–H groups in total. The standard InChI is InChI=1S/C17H28F3N5O2/c1-21-16(23-8-11-25(2)10-5-12-26-3)24-9-13-27-15-14(17(18,19)20)6-4-7-22-15/h4,6-7H,5,8-13H2,1-3H3,(H2,21,23,24). The highest BCUT2D eigenvalue weighted by Crippen LogP contribution is 2.34. The van der Waals surface area contributed by atoms with Gasteiger partial charge in [0.2, 0.25) is 5.88 Å². The van der Waals surface area contributed by atoms with Crippen LogP contribution in [0.4, 0.5) is 13.2 Å². The molecule has 0 saturated heterocycles. The molecule has 0 saturated carbocycles. The minimum Gasteiger partial charge on any atom is -0.475 e. The summed E-state index contributed by atoms with van der Waals surface area (Å²) in [6.07, 6.45) is -2.27. The van der Waals surface area contributed by atoms with E-state index in [0.717, 1.165) is 32.2 Å². The zero-order chi connectivity index (χ0) is 20.1. The van der Waals surface area contributed by atoms with Crippen LogP contribution in [0.2, 0.25) is 0 Å². The van der Waals surface area contributed by atoms with Gasteiger partial charge in [0, 0.05) is 46.6 Å². The van der Waals surface area contributed by atoms with Gasteiger partial charge in [-0.1, -0.05) is 0 Å². The number of guanidine groups is 1. The number of hydrogen-bond acceptors (Lipinski definition) is 5. The normalized spacial score (nSPS) is 12.3. The third-order valence-electron chi connectivity index (χ3n) is 3.61. The molecule has 0 radical (unpaired) electrons. The second-order valence-electron chi connectivity index (χ2n) is 5.78.